The fraction of sp³-hybridized carbons (Fsp3) is 0.462. The van der Waals surface area contributed by atoms with Crippen molar-refractivity contribution < 1.29 is 18.3 Å². The maximum atomic E-state index is 12.3. The number of carbonyl (C=O) groups is 1. The summed E-state index contributed by atoms with van der Waals surface area (Å²) in [6, 6.07) is 2.68. The van der Waals surface area contributed by atoms with Crippen LogP contribution >= 0.6 is 15.9 Å². The zero-order valence-electron chi connectivity index (χ0n) is 10.5. The number of hydrogen-bond acceptors (Lipinski definition) is 3. The number of halogens is 1. The quantitative estimate of drug-likeness (QED) is 0.889. The van der Waals surface area contributed by atoms with Crippen molar-refractivity contribution in [2.45, 2.75) is 31.1 Å². The minimum Gasteiger partial charge on any atom is -0.478 e. The van der Waals surface area contributed by atoms with Crippen LogP contribution in [0.3, 0.4) is 0 Å². The Hall–Kier alpha value is -0.880. The molecule has 1 fully saturated rings. The summed E-state index contributed by atoms with van der Waals surface area (Å²) in [6.07, 6.45) is 2.87. The van der Waals surface area contributed by atoms with Gasteiger partial charge in [0, 0.05) is 4.47 Å². The highest BCUT2D eigenvalue weighted by Crippen LogP contribution is 2.34. The largest absolute Gasteiger partial charge is 0.478 e. The lowest BCUT2D eigenvalue weighted by Gasteiger charge is -2.10. The van der Waals surface area contributed by atoms with E-state index >= 15 is 0 Å². The lowest BCUT2D eigenvalue weighted by Crippen LogP contribution is -2.11. The van der Waals surface area contributed by atoms with E-state index in [1.807, 2.05) is 0 Å². The number of carboxylic acids is 1. The molecule has 6 heteroatoms. The van der Waals surface area contributed by atoms with E-state index in [-0.39, 0.29) is 16.2 Å². The van der Waals surface area contributed by atoms with Gasteiger partial charge >= 0.3 is 5.97 Å². The summed E-state index contributed by atoms with van der Waals surface area (Å²) >= 11 is 3.22. The van der Waals surface area contributed by atoms with Gasteiger partial charge in [0.05, 0.1) is 16.2 Å². The Morgan fingerprint density at radius 2 is 2.05 bits per heavy atom. The van der Waals surface area contributed by atoms with Crippen LogP contribution in [0.15, 0.2) is 21.5 Å². The number of hydrogen-bond donors (Lipinski definition) is 1. The zero-order chi connectivity index (χ0) is 14.2. The second kappa shape index (κ2) is 5.25. The maximum absolute atomic E-state index is 12.3. The van der Waals surface area contributed by atoms with Crippen LogP contribution in [-0.4, -0.2) is 25.2 Å². The number of rotatable bonds is 5. The van der Waals surface area contributed by atoms with Crippen molar-refractivity contribution in [2.75, 3.05) is 5.75 Å². The topological polar surface area (TPSA) is 71.4 Å². The highest BCUT2D eigenvalue weighted by Gasteiger charge is 2.26. The molecule has 0 heterocycles. The van der Waals surface area contributed by atoms with Crippen molar-refractivity contribution in [3.8, 4) is 0 Å². The Labute approximate surface area is 120 Å². The Balaban J connectivity index is 2.38. The van der Waals surface area contributed by atoms with Crippen LogP contribution in [0.4, 0.5) is 0 Å². The van der Waals surface area contributed by atoms with Gasteiger partial charge in [0.25, 0.3) is 0 Å². The van der Waals surface area contributed by atoms with Crippen LogP contribution in [-0.2, 0) is 9.84 Å². The highest BCUT2D eigenvalue weighted by atomic mass is 79.9. The molecule has 0 unspecified atom stereocenters. The van der Waals surface area contributed by atoms with E-state index in [1.54, 1.807) is 6.92 Å². The number of sulfone groups is 1. The molecule has 2 rings (SSSR count). The summed E-state index contributed by atoms with van der Waals surface area (Å²) in [5, 5.41) is 9.00. The second-order valence-corrected chi connectivity index (χ2v) is 7.87. The third-order valence-corrected chi connectivity index (χ3v) is 6.06. The van der Waals surface area contributed by atoms with Crippen LogP contribution in [0, 0.1) is 12.8 Å². The fourth-order valence-corrected chi connectivity index (χ4v) is 4.28. The third-order valence-electron chi connectivity index (χ3n) is 3.37. The van der Waals surface area contributed by atoms with E-state index in [0.29, 0.717) is 22.4 Å². The molecule has 0 bridgehead atoms. The first-order chi connectivity index (χ1) is 8.81. The highest BCUT2D eigenvalue weighted by molar-refractivity contribution is 9.10. The first-order valence-corrected chi connectivity index (χ1v) is 8.52. The molecule has 1 aromatic carbocycles. The average Bonchev–Trinajstić information content (AvgIpc) is 3.13. The van der Waals surface area contributed by atoms with E-state index in [4.69, 9.17) is 5.11 Å². The van der Waals surface area contributed by atoms with Gasteiger partial charge in [0.1, 0.15) is 0 Å². The van der Waals surface area contributed by atoms with Gasteiger partial charge in [-0.05, 0) is 37.0 Å². The fourth-order valence-electron chi connectivity index (χ4n) is 1.94. The molecule has 1 aliphatic carbocycles. The first-order valence-electron chi connectivity index (χ1n) is 6.07. The number of carboxylic acid groups (broad SMARTS) is 1. The van der Waals surface area contributed by atoms with Gasteiger partial charge in [-0.2, -0.15) is 0 Å². The Bertz CT molecular complexity index is 618. The molecule has 1 N–H and O–H groups in total. The zero-order valence-corrected chi connectivity index (χ0v) is 12.9. The van der Waals surface area contributed by atoms with E-state index in [0.717, 1.165) is 12.8 Å². The SMILES string of the molecule is Cc1c(Br)cc(C(=O)O)cc1S(=O)(=O)CCC1CC1. The molecule has 1 saturated carbocycles. The molecule has 104 valence electrons. The third kappa shape index (κ3) is 3.36. The van der Waals surface area contributed by atoms with Gasteiger partial charge in [-0.1, -0.05) is 28.8 Å². The van der Waals surface area contributed by atoms with Gasteiger partial charge in [0.15, 0.2) is 9.84 Å². The van der Waals surface area contributed by atoms with Gasteiger partial charge < -0.3 is 5.11 Å². The van der Waals surface area contributed by atoms with E-state index in [1.165, 1.54) is 12.1 Å². The van der Waals surface area contributed by atoms with Crippen LogP contribution in [0.2, 0.25) is 0 Å². The molecule has 0 aromatic heterocycles. The second-order valence-electron chi connectivity index (χ2n) is 4.94. The summed E-state index contributed by atoms with van der Waals surface area (Å²) in [4.78, 5) is 11.1. The van der Waals surface area contributed by atoms with Crippen molar-refractivity contribution in [2.24, 2.45) is 5.92 Å². The van der Waals surface area contributed by atoms with Crippen molar-refractivity contribution in [1.82, 2.24) is 0 Å². The molecular weight excluding hydrogens is 332 g/mol. The molecule has 0 saturated heterocycles. The Morgan fingerprint density at radius 3 is 2.58 bits per heavy atom. The summed E-state index contributed by atoms with van der Waals surface area (Å²) in [5.41, 5.74) is 0.559. The van der Waals surface area contributed by atoms with Gasteiger partial charge in [-0.3, -0.25) is 0 Å². The van der Waals surface area contributed by atoms with E-state index < -0.39 is 15.8 Å². The summed E-state index contributed by atoms with van der Waals surface area (Å²) in [6.45, 7) is 1.68. The normalized spacial score (nSPS) is 15.5. The molecule has 4 nitrogen and oxygen atoms in total. The van der Waals surface area contributed by atoms with Crippen LogP contribution in [0.5, 0.6) is 0 Å². The minimum absolute atomic E-state index is 0.0116. The molecule has 0 amide bonds. The van der Waals surface area contributed by atoms with Crippen LogP contribution in [0.1, 0.15) is 35.2 Å². The molecule has 0 spiro atoms. The summed E-state index contributed by atoms with van der Waals surface area (Å²) in [5.74, 6) is -0.505. The van der Waals surface area contributed by atoms with E-state index in [9.17, 15) is 13.2 Å². The number of benzene rings is 1. The molecule has 0 radical (unpaired) electrons. The predicted molar refractivity (Wildman–Crippen MR) is 75.2 cm³/mol. The van der Waals surface area contributed by atoms with Gasteiger partial charge in [-0.15, -0.1) is 0 Å². The van der Waals surface area contributed by atoms with Crippen LogP contribution in [0.25, 0.3) is 0 Å². The lowest BCUT2D eigenvalue weighted by atomic mass is 10.1. The predicted octanol–water partition coefficient (Wildman–Crippen LogP) is 3.03. The summed E-state index contributed by atoms with van der Waals surface area (Å²) < 4.78 is 25.1. The van der Waals surface area contributed by atoms with Gasteiger partial charge in [-0.25, -0.2) is 13.2 Å². The lowest BCUT2D eigenvalue weighted by molar-refractivity contribution is 0.0696. The number of aromatic carboxylic acids is 1. The molecule has 1 aromatic rings. The molecule has 1 aliphatic rings. The molecule has 0 aliphatic heterocycles. The Kier molecular flexibility index (Phi) is 4.01. The van der Waals surface area contributed by atoms with Crippen molar-refractivity contribution in [3.63, 3.8) is 0 Å². The first kappa shape index (κ1) is 14.5. The standard InChI is InChI=1S/C13H15BrO4S/c1-8-11(14)6-10(13(15)16)7-12(8)19(17,18)5-4-9-2-3-9/h6-7,9H,2-5H2,1H3,(H,15,16). The maximum Gasteiger partial charge on any atom is 0.335 e. The smallest absolute Gasteiger partial charge is 0.335 e. The summed E-state index contributed by atoms with van der Waals surface area (Å²) in [7, 11) is -3.42. The van der Waals surface area contributed by atoms with Crippen molar-refractivity contribution in [3.05, 3.63) is 27.7 Å². The molecular formula is C13H15BrO4S. The molecule has 19 heavy (non-hydrogen) atoms. The van der Waals surface area contributed by atoms with Crippen molar-refractivity contribution >= 4 is 31.7 Å². The van der Waals surface area contributed by atoms with Crippen LogP contribution < -0.4 is 0 Å². The van der Waals surface area contributed by atoms with E-state index in [2.05, 4.69) is 15.9 Å². The minimum atomic E-state index is -3.42. The monoisotopic (exact) mass is 346 g/mol. The van der Waals surface area contributed by atoms with Crippen molar-refractivity contribution in [1.29, 1.82) is 0 Å². The Morgan fingerprint density at radius 1 is 1.42 bits per heavy atom. The average molecular weight is 347 g/mol. The van der Waals surface area contributed by atoms with Gasteiger partial charge in [0.2, 0.25) is 0 Å². The molecule has 0 atom stereocenters.